The van der Waals surface area contributed by atoms with Crippen molar-refractivity contribution < 1.29 is 14.3 Å². The van der Waals surface area contributed by atoms with Crippen molar-refractivity contribution in [3.05, 3.63) is 43.0 Å². The van der Waals surface area contributed by atoms with E-state index >= 15 is 0 Å². The number of anilines is 1. The third-order valence-corrected chi connectivity index (χ3v) is 4.85. The summed E-state index contributed by atoms with van der Waals surface area (Å²) in [7, 11) is 0. The second-order valence-corrected chi connectivity index (χ2v) is 6.43. The molecule has 2 aromatic heterocycles. The maximum absolute atomic E-state index is 12.5. The van der Waals surface area contributed by atoms with E-state index in [1.54, 1.807) is 22.2 Å². The SMILES string of the molecule is O=C(c1cnccn1)N1CCC2(CC1)CN(c1cncnc1)C(=O)CO2. The average molecular weight is 354 g/mol. The molecule has 2 aromatic rings. The Hall–Kier alpha value is -2.94. The lowest BCUT2D eigenvalue weighted by Gasteiger charge is -2.46. The molecule has 0 atom stereocenters. The summed E-state index contributed by atoms with van der Waals surface area (Å²) in [6.07, 6.45) is 10.5. The molecule has 9 nitrogen and oxygen atoms in total. The largest absolute Gasteiger partial charge is 0.363 e. The molecule has 4 heterocycles. The predicted molar refractivity (Wildman–Crippen MR) is 90.2 cm³/mol. The number of ether oxygens (including phenoxy) is 1. The predicted octanol–water partition coefficient (Wildman–Crippen LogP) is 0.305. The summed E-state index contributed by atoms with van der Waals surface area (Å²) in [5.41, 5.74) is 0.549. The summed E-state index contributed by atoms with van der Waals surface area (Å²) in [6.45, 7) is 1.55. The van der Waals surface area contributed by atoms with E-state index in [1.165, 1.54) is 24.9 Å². The molecule has 1 spiro atoms. The van der Waals surface area contributed by atoms with Gasteiger partial charge in [0.1, 0.15) is 18.6 Å². The highest BCUT2D eigenvalue weighted by molar-refractivity contribution is 5.95. The zero-order valence-electron chi connectivity index (χ0n) is 14.1. The van der Waals surface area contributed by atoms with Crippen LogP contribution in [0.5, 0.6) is 0 Å². The maximum atomic E-state index is 12.5. The summed E-state index contributed by atoms with van der Waals surface area (Å²) in [5.74, 6) is -0.239. The van der Waals surface area contributed by atoms with Crippen LogP contribution < -0.4 is 4.90 Å². The molecule has 2 aliphatic heterocycles. The number of carbonyl (C=O) groups is 2. The Bertz CT molecular complexity index is 793. The first kappa shape index (κ1) is 16.5. The van der Waals surface area contributed by atoms with Crippen molar-refractivity contribution in [1.29, 1.82) is 0 Å². The van der Waals surface area contributed by atoms with Crippen molar-refractivity contribution in [2.75, 3.05) is 31.1 Å². The topological polar surface area (TPSA) is 101 Å². The molecule has 134 valence electrons. The Morgan fingerprint density at radius 2 is 1.85 bits per heavy atom. The Kier molecular flexibility index (Phi) is 4.29. The number of nitrogens with zero attached hydrogens (tertiary/aromatic N) is 6. The number of piperidine rings is 1. The van der Waals surface area contributed by atoms with E-state index in [0.29, 0.717) is 43.9 Å². The van der Waals surface area contributed by atoms with E-state index in [4.69, 9.17) is 4.74 Å². The molecule has 9 heteroatoms. The van der Waals surface area contributed by atoms with Gasteiger partial charge in [-0.05, 0) is 12.8 Å². The van der Waals surface area contributed by atoms with E-state index < -0.39 is 5.60 Å². The number of amides is 2. The van der Waals surface area contributed by atoms with Crippen LogP contribution in [-0.4, -0.2) is 68.5 Å². The third kappa shape index (κ3) is 3.13. The number of likely N-dealkylation sites (tertiary alicyclic amines) is 1. The standard InChI is InChI=1S/C17H18N6O3/c24-15-10-26-17(11-23(15)13-7-19-12-20-8-13)1-5-22(6-2-17)16(25)14-9-18-3-4-21-14/h3-4,7-9,12H,1-2,5-6,10-11H2. The average Bonchev–Trinajstić information content (AvgIpc) is 2.71. The van der Waals surface area contributed by atoms with Crippen molar-refractivity contribution in [2.24, 2.45) is 0 Å². The Labute approximate surface area is 150 Å². The van der Waals surface area contributed by atoms with Gasteiger partial charge in [-0.2, -0.15) is 0 Å². The summed E-state index contributed by atoms with van der Waals surface area (Å²) in [4.78, 5) is 44.2. The molecule has 2 aliphatic rings. The molecule has 4 rings (SSSR count). The highest BCUT2D eigenvalue weighted by Gasteiger charge is 2.43. The molecule has 0 saturated carbocycles. The third-order valence-electron chi connectivity index (χ3n) is 4.85. The first-order chi connectivity index (χ1) is 12.7. The van der Waals surface area contributed by atoms with Crippen LogP contribution in [0.2, 0.25) is 0 Å². The lowest BCUT2D eigenvalue weighted by Crippen LogP contribution is -2.59. The molecular formula is C17H18N6O3. The van der Waals surface area contributed by atoms with Crippen molar-refractivity contribution in [3.8, 4) is 0 Å². The zero-order chi connectivity index (χ0) is 18.0. The van der Waals surface area contributed by atoms with Gasteiger partial charge in [-0.3, -0.25) is 14.6 Å². The number of morpholine rings is 1. The Morgan fingerprint density at radius 1 is 1.08 bits per heavy atom. The van der Waals surface area contributed by atoms with E-state index in [2.05, 4.69) is 19.9 Å². The Balaban J connectivity index is 1.45. The van der Waals surface area contributed by atoms with Crippen LogP contribution in [0.3, 0.4) is 0 Å². The van der Waals surface area contributed by atoms with Crippen molar-refractivity contribution in [1.82, 2.24) is 24.8 Å². The summed E-state index contributed by atoms with van der Waals surface area (Å²) in [5, 5.41) is 0. The minimum atomic E-state index is -0.455. The van der Waals surface area contributed by atoms with Gasteiger partial charge >= 0.3 is 0 Å². The van der Waals surface area contributed by atoms with Crippen molar-refractivity contribution in [3.63, 3.8) is 0 Å². The quantitative estimate of drug-likeness (QED) is 0.764. The fourth-order valence-corrected chi connectivity index (χ4v) is 3.37. The van der Waals surface area contributed by atoms with E-state index in [9.17, 15) is 9.59 Å². The number of rotatable bonds is 2. The normalized spacial score (nSPS) is 19.6. The number of hydrogen-bond acceptors (Lipinski definition) is 7. The van der Waals surface area contributed by atoms with Gasteiger partial charge in [0.25, 0.3) is 11.8 Å². The minimum absolute atomic E-state index is 0.0208. The first-order valence-electron chi connectivity index (χ1n) is 8.42. The van der Waals surface area contributed by atoms with Crippen LogP contribution in [0.4, 0.5) is 5.69 Å². The first-order valence-corrected chi connectivity index (χ1v) is 8.42. The summed E-state index contributed by atoms with van der Waals surface area (Å²) < 4.78 is 5.91. The van der Waals surface area contributed by atoms with Gasteiger partial charge in [0.2, 0.25) is 0 Å². The molecule has 2 amide bonds. The minimum Gasteiger partial charge on any atom is -0.363 e. The molecular weight excluding hydrogens is 336 g/mol. The summed E-state index contributed by atoms with van der Waals surface area (Å²) in [6, 6.07) is 0. The lowest BCUT2D eigenvalue weighted by molar-refractivity contribution is -0.143. The highest BCUT2D eigenvalue weighted by atomic mass is 16.5. The van der Waals surface area contributed by atoms with Gasteiger partial charge in [0.15, 0.2) is 0 Å². The molecule has 0 aromatic carbocycles. The molecule has 0 N–H and O–H groups in total. The van der Waals surface area contributed by atoms with Gasteiger partial charge < -0.3 is 14.5 Å². The van der Waals surface area contributed by atoms with Crippen LogP contribution in [-0.2, 0) is 9.53 Å². The van der Waals surface area contributed by atoms with Gasteiger partial charge in [-0.15, -0.1) is 0 Å². The van der Waals surface area contributed by atoms with E-state index in [1.807, 2.05) is 0 Å². The van der Waals surface area contributed by atoms with Crippen LogP contribution in [0, 0.1) is 0 Å². The fraction of sp³-hybridized carbons (Fsp3) is 0.412. The second kappa shape index (κ2) is 6.75. The van der Waals surface area contributed by atoms with E-state index in [0.717, 1.165) is 0 Å². The van der Waals surface area contributed by atoms with Crippen LogP contribution in [0.15, 0.2) is 37.3 Å². The molecule has 0 unspecified atom stereocenters. The summed E-state index contributed by atoms with van der Waals surface area (Å²) >= 11 is 0. The fourth-order valence-electron chi connectivity index (χ4n) is 3.37. The molecule has 2 fully saturated rings. The molecule has 0 bridgehead atoms. The maximum Gasteiger partial charge on any atom is 0.274 e. The lowest BCUT2D eigenvalue weighted by atomic mass is 9.89. The van der Waals surface area contributed by atoms with Gasteiger partial charge in [-0.25, -0.2) is 15.0 Å². The van der Waals surface area contributed by atoms with Crippen molar-refractivity contribution >= 4 is 17.5 Å². The second-order valence-electron chi connectivity index (χ2n) is 6.43. The van der Waals surface area contributed by atoms with Crippen LogP contribution >= 0.6 is 0 Å². The molecule has 0 aliphatic carbocycles. The van der Waals surface area contributed by atoms with E-state index in [-0.39, 0.29) is 18.4 Å². The van der Waals surface area contributed by atoms with Crippen molar-refractivity contribution in [2.45, 2.75) is 18.4 Å². The molecule has 26 heavy (non-hydrogen) atoms. The number of hydrogen-bond donors (Lipinski definition) is 0. The van der Waals surface area contributed by atoms with Gasteiger partial charge in [0, 0.05) is 25.5 Å². The highest BCUT2D eigenvalue weighted by Crippen LogP contribution is 2.32. The monoisotopic (exact) mass is 354 g/mol. The Morgan fingerprint density at radius 3 is 2.54 bits per heavy atom. The number of aromatic nitrogens is 4. The molecule has 2 saturated heterocycles. The van der Waals surface area contributed by atoms with Gasteiger partial charge in [-0.1, -0.05) is 0 Å². The van der Waals surface area contributed by atoms with Crippen LogP contribution in [0.25, 0.3) is 0 Å². The van der Waals surface area contributed by atoms with Gasteiger partial charge in [0.05, 0.1) is 36.4 Å². The zero-order valence-corrected chi connectivity index (χ0v) is 14.1. The van der Waals surface area contributed by atoms with Crippen LogP contribution in [0.1, 0.15) is 23.3 Å². The smallest absolute Gasteiger partial charge is 0.274 e. The number of carbonyl (C=O) groups excluding carboxylic acids is 2. The molecule has 0 radical (unpaired) electrons.